The third kappa shape index (κ3) is 3.72. The summed E-state index contributed by atoms with van der Waals surface area (Å²) in [7, 11) is 1.62. The number of carboxylic acid groups (broad SMARTS) is 1. The number of benzene rings is 3. The SMILES string of the molecule is COc1cccc(-c2ccc(NC(=O)c3ccccc3C(=O)O)cc2)c1. The quantitative estimate of drug-likeness (QED) is 0.721. The van der Waals surface area contributed by atoms with E-state index in [1.807, 2.05) is 36.4 Å². The largest absolute Gasteiger partial charge is 0.497 e. The predicted octanol–water partition coefficient (Wildman–Crippen LogP) is 4.31. The van der Waals surface area contributed by atoms with Crippen molar-refractivity contribution in [2.75, 3.05) is 12.4 Å². The van der Waals surface area contributed by atoms with E-state index in [-0.39, 0.29) is 11.1 Å². The highest BCUT2D eigenvalue weighted by Gasteiger charge is 2.15. The minimum absolute atomic E-state index is 0.0296. The lowest BCUT2D eigenvalue weighted by Crippen LogP contribution is -2.16. The van der Waals surface area contributed by atoms with Crippen LogP contribution in [0.4, 0.5) is 5.69 Å². The van der Waals surface area contributed by atoms with Gasteiger partial charge in [-0.25, -0.2) is 4.79 Å². The van der Waals surface area contributed by atoms with Crippen molar-refractivity contribution in [3.05, 3.63) is 83.9 Å². The maximum atomic E-state index is 12.4. The van der Waals surface area contributed by atoms with Crippen LogP contribution in [0, 0.1) is 0 Å². The van der Waals surface area contributed by atoms with Gasteiger partial charge in [-0.1, -0.05) is 36.4 Å². The van der Waals surface area contributed by atoms with E-state index in [1.165, 1.54) is 12.1 Å². The van der Waals surface area contributed by atoms with Gasteiger partial charge in [0, 0.05) is 5.69 Å². The topological polar surface area (TPSA) is 75.6 Å². The highest BCUT2D eigenvalue weighted by atomic mass is 16.5. The Balaban J connectivity index is 1.79. The first-order valence-electron chi connectivity index (χ1n) is 7.96. The maximum Gasteiger partial charge on any atom is 0.336 e. The molecule has 0 aliphatic rings. The summed E-state index contributed by atoms with van der Waals surface area (Å²) in [6.07, 6.45) is 0. The van der Waals surface area contributed by atoms with Gasteiger partial charge in [0.2, 0.25) is 0 Å². The van der Waals surface area contributed by atoms with E-state index in [1.54, 1.807) is 31.4 Å². The molecule has 0 radical (unpaired) electrons. The Morgan fingerprint density at radius 3 is 2.19 bits per heavy atom. The average Bonchev–Trinajstić information content (AvgIpc) is 2.68. The Bertz CT molecular complexity index is 948. The van der Waals surface area contributed by atoms with Crippen LogP contribution in [-0.4, -0.2) is 24.1 Å². The fraction of sp³-hybridized carbons (Fsp3) is 0.0476. The van der Waals surface area contributed by atoms with Crippen molar-refractivity contribution in [3.63, 3.8) is 0 Å². The molecule has 0 atom stereocenters. The molecule has 130 valence electrons. The van der Waals surface area contributed by atoms with Gasteiger partial charge in [-0.05, 0) is 47.5 Å². The molecule has 3 aromatic rings. The van der Waals surface area contributed by atoms with E-state index in [0.29, 0.717) is 5.69 Å². The maximum absolute atomic E-state index is 12.4. The molecule has 5 nitrogen and oxygen atoms in total. The van der Waals surface area contributed by atoms with E-state index in [4.69, 9.17) is 4.74 Å². The second-order valence-corrected chi connectivity index (χ2v) is 5.61. The number of aromatic carboxylic acids is 1. The number of anilines is 1. The Morgan fingerprint density at radius 1 is 0.846 bits per heavy atom. The van der Waals surface area contributed by atoms with Crippen LogP contribution in [0.15, 0.2) is 72.8 Å². The average molecular weight is 347 g/mol. The fourth-order valence-electron chi connectivity index (χ4n) is 2.61. The summed E-state index contributed by atoms with van der Waals surface area (Å²) in [5, 5.41) is 11.9. The van der Waals surface area contributed by atoms with E-state index in [2.05, 4.69) is 5.32 Å². The molecule has 3 aromatic carbocycles. The number of rotatable bonds is 5. The van der Waals surface area contributed by atoms with Crippen LogP contribution >= 0.6 is 0 Å². The number of amides is 1. The second-order valence-electron chi connectivity index (χ2n) is 5.61. The molecule has 0 heterocycles. The normalized spacial score (nSPS) is 10.2. The molecule has 26 heavy (non-hydrogen) atoms. The molecule has 0 saturated heterocycles. The first-order chi connectivity index (χ1) is 12.6. The van der Waals surface area contributed by atoms with Gasteiger partial charge < -0.3 is 15.2 Å². The molecule has 5 heteroatoms. The van der Waals surface area contributed by atoms with Gasteiger partial charge in [0.15, 0.2) is 0 Å². The van der Waals surface area contributed by atoms with Crippen molar-refractivity contribution in [2.24, 2.45) is 0 Å². The summed E-state index contributed by atoms with van der Waals surface area (Å²) < 4.78 is 5.23. The predicted molar refractivity (Wildman–Crippen MR) is 99.8 cm³/mol. The number of carbonyl (C=O) groups is 2. The van der Waals surface area contributed by atoms with Crippen molar-refractivity contribution in [2.45, 2.75) is 0 Å². The smallest absolute Gasteiger partial charge is 0.336 e. The highest BCUT2D eigenvalue weighted by molar-refractivity contribution is 6.10. The zero-order chi connectivity index (χ0) is 18.5. The Morgan fingerprint density at radius 2 is 1.54 bits per heavy atom. The molecule has 1 amide bonds. The lowest BCUT2D eigenvalue weighted by Gasteiger charge is -2.09. The van der Waals surface area contributed by atoms with Crippen LogP contribution < -0.4 is 10.1 Å². The van der Waals surface area contributed by atoms with E-state index < -0.39 is 11.9 Å². The summed E-state index contributed by atoms with van der Waals surface area (Å²) >= 11 is 0. The van der Waals surface area contributed by atoms with Crippen LogP contribution in [0.5, 0.6) is 5.75 Å². The number of methoxy groups -OCH3 is 1. The van der Waals surface area contributed by atoms with Crippen molar-refractivity contribution < 1.29 is 19.4 Å². The summed E-state index contributed by atoms with van der Waals surface area (Å²) in [6.45, 7) is 0. The first kappa shape index (κ1) is 17.2. The molecule has 0 unspecified atom stereocenters. The number of hydrogen-bond donors (Lipinski definition) is 2. The third-order valence-corrected chi connectivity index (χ3v) is 3.95. The standard InChI is InChI=1S/C21H17NO4/c1-26-17-6-4-5-15(13-17)14-9-11-16(12-10-14)22-20(23)18-7-2-3-8-19(18)21(24)25/h2-13H,1H3,(H,22,23)(H,24,25). The zero-order valence-corrected chi connectivity index (χ0v) is 14.1. The molecule has 0 fully saturated rings. The van der Waals surface area contributed by atoms with E-state index in [0.717, 1.165) is 16.9 Å². The summed E-state index contributed by atoms with van der Waals surface area (Å²) in [6, 6.07) is 21.1. The number of ether oxygens (including phenoxy) is 1. The van der Waals surface area contributed by atoms with Crippen molar-refractivity contribution in [3.8, 4) is 16.9 Å². The Hall–Kier alpha value is -3.60. The fourth-order valence-corrected chi connectivity index (χ4v) is 2.61. The van der Waals surface area contributed by atoms with Crippen LogP contribution in [0.3, 0.4) is 0 Å². The molecular weight excluding hydrogens is 330 g/mol. The van der Waals surface area contributed by atoms with Crippen molar-refractivity contribution >= 4 is 17.6 Å². The Labute approximate surface area is 150 Å². The molecular formula is C21H17NO4. The van der Waals surface area contributed by atoms with Crippen LogP contribution in [0.25, 0.3) is 11.1 Å². The van der Waals surface area contributed by atoms with Gasteiger partial charge in [0.1, 0.15) is 5.75 Å². The molecule has 0 bridgehead atoms. The van der Waals surface area contributed by atoms with Crippen LogP contribution in [-0.2, 0) is 0 Å². The zero-order valence-electron chi connectivity index (χ0n) is 14.1. The van der Waals surface area contributed by atoms with Crippen molar-refractivity contribution in [1.82, 2.24) is 0 Å². The molecule has 0 spiro atoms. The second kappa shape index (κ2) is 7.53. The van der Waals surface area contributed by atoms with Gasteiger partial charge in [0.25, 0.3) is 5.91 Å². The number of nitrogens with one attached hydrogen (secondary N) is 1. The van der Waals surface area contributed by atoms with Gasteiger partial charge in [-0.3, -0.25) is 4.79 Å². The van der Waals surface area contributed by atoms with Crippen LogP contribution in [0.2, 0.25) is 0 Å². The minimum Gasteiger partial charge on any atom is -0.497 e. The molecule has 2 N–H and O–H groups in total. The first-order valence-corrected chi connectivity index (χ1v) is 7.96. The number of carbonyl (C=O) groups excluding carboxylic acids is 1. The lowest BCUT2D eigenvalue weighted by atomic mass is 10.0. The monoisotopic (exact) mass is 347 g/mol. The van der Waals surface area contributed by atoms with Gasteiger partial charge in [-0.2, -0.15) is 0 Å². The Kier molecular flexibility index (Phi) is 4.99. The minimum atomic E-state index is -1.14. The van der Waals surface area contributed by atoms with Crippen molar-refractivity contribution in [1.29, 1.82) is 0 Å². The molecule has 3 rings (SSSR count). The summed E-state index contributed by atoms with van der Waals surface area (Å²) in [5.41, 5.74) is 2.66. The van der Waals surface area contributed by atoms with E-state index in [9.17, 15) is 14.7 Å². The van der Waals surface area contributed by atoms with E-state index >= 15 is 0 Å². The molecule has 0 aliphatic carbocycles. The highest BCUT2D eigenvalue weighted by Crippen LogP contribution is 2.25. The molecule has 0 saturated carbocycles. The third-order valence-electron chi connectivity index (χ3n) is 3.95. The number of hydrogen-bond acceptors (Lipinski definition) is 3. The van der Waals surface area contributed by atoms with Gasteiger partial charge >= 0.3 is 5.97 Å². The van der Waals surface area contributed by atoms with Crippen LogP contribution in [0.1, 0.15) is 20.7 Å². The summed E-state index contributed by atoms with van der Waals surface area (Å²) in [4.78, 5) is 23.6. The molecule has 0 aliphatic heterocycles. The number of carboxylic acids is 1. The lowest BCUT2D eigenvalue weighted by molar-refractivity contribution is 0.0692. The summed E-state index contributed by atoms with van der Waals surface area (Å²) in [5.74, 6) is -0.827. The van der Waals surface area contributed by atoms with Gasteiger partial charge in [0.05, 0.1) is 18.2 Å². The van der Waals surface area contributed by atoms with Gasteiger partial charge in [-0.15, -0.1) is 0 Å². The molecule has 0 aromatic heterocycles.